The average Bonchev–Trinajstić information content (AvgIpc) is 2.81. The number of ether oxygens (including phenoxy) is 8. The molecular weight excluding hydrogens is 346 g/mol. The van der Waals surface area contributed by atoms with Crippen molar-refractivity contribution in [3.63, 3.8) is 0 Å². The largest absolute Gasteiger partial charge is 0.431 e. The summed E-state index contributed by atoms with van der Waals surface area (Å²) in [5.41, 5.74) is 1.63. The van der Waals surface area contributed by atoms with E-state index >= 15 is 0 Å². The molecule has 1 aromatic rings. The topological polar surface area (TPSA) is 86.7 Å². The lowest BCUT2D eigenvalue weighted by Crippen LogP contribution is -2.55. The maximum absolute atomic E-state index is 6.03. The van der Waals surface area contributed by atoms with Crippen molar-refractivity contribution in [1.82, 2.24) is 4.98 Å². The Labute approximate surface area is 152 Å². The molecule has 146 valence electrons. The van der Waals surface area contributed by atoms with Gasteiger partial charge < -0.3 is 37.9 Å². The minimum absolute atomic E-state index is 0.216. The third-order valence-electron chi connectivity index (χ3n) is 4.85. The molecule has 0 amide bonds. The fourth-order valence-electron chi connectivity index (χ4n) is 3.41. The molecular formula is C17H25NO8. The zero-order valence-electron chi connectivity index (χ0n) is 15.9. The van der Waals surface area contributed by atoms with Crippen molar-refractivity contribution < 1.29 is 37.9 Å². The van der Waals surface area contributed by atoms with Gasteiger partial charge in [-0.1, -0.05) is 0 Å². The molecule has 0 aliphatic carbocycles. The highest BCUT2D eigenvalue weighted by Crippen LogP contribution is 2.44. The lowest BCUT2D eigenvalue weighted by Gasteiger charge is -2.41. The Bertz CT molecular complexity index is 644. The molecule has 2 atom stereocenters. The standard InChI is InChI=1S/C17H25NO8/c1-19-12-8-10-7-11-9-13(20-2)17(23-5,24-6)26-15(18-11)14(10)25-16(12,21-3)22-4/h7,12-13H,8-9H2,1-6H3. The zero-order chi connectivity index (χ0) is 18.9. The quantitative estimate of drug-likeness (QED) is 0.676. The van der Waals surface area contributed by atoms with Crippen molar-refractivity contribution in [2.75, 3.05) is 42.7 Å². The van der Waals surface area contributed by atoms with Crippen LogP contribution in [0.25, 0.3) is 0 Å². The van der Waals surface area contributed by atoms with E-state index in [4.69, 9.17) is 37.9 Å². The van der Waals surface area contributed by atoms with E-state index in [-0.39, 0.29) is 5.88 Å². The number of pyridine rings is 1. The third kappa shape index (κ3) is 2.84. The highest BCUT2D eigenvalue weighted by Gasteiger charge is 2.52. The van der Waals surface area contributed by atoms with Gasteiger partial charge in [-0.2, -0.15) is 0 Å². The van der Waals surface area contributed by atoms with Crippen LogP contribution in [0.4, 0.5) is 0 Å². The van der Waals surface area contributed by atoms with Gasteiger partial charge in [0.05, 0.1) is 0 Å². The molecule has 2 aliphatic rings. The Morgan fingerprint density at radius 3 is 1.92 bits per heavy atom. The molecule has 2 bridgehead atoms. The molecule has 0 fully saturated rings. The first-order valence-corrected chi connectivity index (χ1v) is 8.18. The normalized spacial score (nSPS) is 25.6. The van der Waals surface area contributed by atoms with Crippen LogP contribution >= 0.6 is 0 Å². The van der Waals surface area contributed by atoms with E-state index in [0.29, 0.717) is 18.6 Å². The van der Waals surface area contributed by atoms with Gasteiger partial charge in [0, 0.05) is 66.8 Å². The van der Waals surface area contributed by atoms with Crippen LogP contribution in [0.1, 0.15) is 11.3 Å². The van der Waals surface area contributed by atoms with E-state index in [9.17, 15) is 0 Å². The van der Waals surface area contributed by atoms with Crippen molar-refractivity contribution in [2.24, 2.45) is 0 Å². The second-order valence-electron chi connectivity index (χ2n) is 5.99. The summed E-state index contributed by atoms with van der Waals surface area (Å²) in [7, 11) is 9.06. The number of methoxy groups -OCH3 is 6. The summed E-state index contributed by atoms with van der Waals surface area (Å²) in [6.07, 6.45) is -0.0688. The first-order chi connectivity index (χ1) is 12.5. The molecule has 0 spiro atoms. The van der Waals surface area contributed by atoms with Gasteiger partial charge in [0.1, 0.15) is 0 Å². The van der Waals surface area contributed by atoms with E-state index in [1.807, 2.05) is 6.07 Å². The SMILES string of the molecule is COC1Cc2cc3c(c(n2)OC1(OC)OC)OC(OC)(OC)C(OC)C3. The van der Waals surface area contributed by atoms with E-state index in [1.165, 1.54) is 28.4 Å². The lowest BCUT2D eigenvalue weighted by molar-refractivity contribution is -0.375. The minimum atomic E-state index is -1.46. The van der Waals surface area contributed by atoms with Gasteiger partial charge in [-0.15, -0.1) is 0 Å². The highest BCUT2D eigenvalue weighted by molar-refractivity contribution is 5.46. The van der Waals surface area contributed by atoms with Crippen LogP contribution in [0.3, 0.4) is 0 Å². The number of fused-ring (bicyclic) bond motifs is 4. The van der Waals surface area contributed by atoms with Crippen LogP contribution in [-0.2, 0) is 41.3 Å². The Morgan fingerprint density at radius 2 is 1.38 bits per heavy atom. The molecule has 26 heavy (non-hydrogen) atoms. The highest BCUT2D eigenvalue weighted by atomic mass is 16.9. The van der Waals surface area contributed by atoms with Gasteiger partial charge in [-0.25, -0.2) is 4.98 Å². The summed E-state index contributed by atoms with van der Waals surface area (Å²) in [4.78, 5) is 4.52. The van der Waals surface area contributed by atoms with Crippen molar-refractivity contribution in [1.29, 1.82) is 0 Å². The van der Waals surface area contributed by atoms with E-state index < -0.39 is 24.2 Å². The Hall–Kier alpha value is -1.49. The number of aromatic nitrogens is 1. The number of hydrogen-bond donors (Lipinski definition) is 0. The average molecular weight is 371 g/mol. The predicted molar refractivity (Wildman–Crippen MR) is 88.0 cm³/mol. The lowest BCUT2D eigenvalue weighted by atomic mass is 10.0. The first-order valence-electron chi connectivity index (χ1n) is 8.18. The van der Waals surface area contributed by atoms with Gasteiger partial charge in [-0.3, -0.25) is 0 Å². The van der Waals surface area contributed by atoms with Crippen LogP contribution in [0.2, 0.25) is 0 Å². The summed E-state index contributed by atoms with van der Waals surface area (Å²) in [6.45, 7) is 0. The molecule has 0 saturated heterocycles. The van der Waals surface area contributed by atoms with Crippen LogP contribution < -0.4 is 9.47 Å². The molecule has 0 N–H and O–H groups in total. The van der Waals surface area contributed by atoms with Crippen LogP contribution in [0.5, 0.6) is 11.6 Å². The molecule has 3 rings (SSSR count). The van der Waals surface area contributed by atoms with E-state index in [2.05, 4.69) is 4.98 Å². The molecule has 1 aromatic heterocycles. The Kier molecular flexibility index (Phi) is 5.38. The van der Waals surface area contributed by atoms with E-state index in [1.54, 1.807) is 14.2 Å². The van der Waals surface area contributed by atoms with Crippen molar-refractivity contribution in [3.8, 4) is 11.6 Å². The Morgan fingerprint density at radius 1 is 0.846 bits per heavy atom. The number of rotatable bonds is 6. The van der Waals surface area contributed by atoms with Crippen molar-refractivity contribution in [3.05, 3.63) is 17.3 Å². The van der Waals surface area contributed by atoms with Gasteiger partial charge in [0.25, 0.3) is 5.88 Å². The molecule has 0 aromatic carbocycles. The molecule has 3 heterocycles. The van der Waals surface area contributed by atoms with E-state index in [0.717, 1.165) is 11.3 Å². The van der Waals surface area contributed by atoms with Gasteiger partial charge in [-0.05, 0) is 6.07 Å². The smallest absolute Gasteiger partial charge is 0.356 e. The fourth-order valence-corrected chi connectivity index (χ4v) is 3.41. The predicted octanol–water partition coefficient (Wildman–Crippen LogP) is 0.875. The minimum Gasteiger partial charge on any atom is -0.431 e. The van der Waals surface area contributed by atoms with Crippen molar-refractivity contribution in [2.45, 2.75) is 37.0 Å². The summed E-state index contributed by atoms with van der Waals surface area (Å²) in [5, 5.41) is 0. The third-order valence-corrected chi connectivity index (χ3v) is 4.85. The van der Waals surface area contributed by atoms with Gasteiger partial charge >= 0.3 is 11.9 Å². The van der Waals surface area contributed by atoms with Crippen LogP contribution in [0, 0.1) is 0 Å². The first kappa shape index (κ1) is 19.3. The van der Waals surface area contributed by atoms with Gasteiger partial charge in [0.15, 0.2) is 18.0 Å². The maximum Gasteiger partial charge on any atom is 0.356 e. The van der Waals surface area contributed by atoms with Crippen LogP contribution in [-0.4, -0.2) is 71.8 Å². The molecule has 0 saturated carbocycles. The summed E-state index contributed by atoms with van der Waals surface area (Å²) >= 11 is 0. The van der Waals surface area contributed by atoms with Gasteiger partial charge in [0.2, 0.25) is 0 Å². The number of nitrogens with zero attached hydrogens (tertiary/aromatic N) is 1. The summed E-state index contributed by atoms with van der Waals surface area (Å²) in [6, 6.07) is 1.93. The molecule has 9 nitrogen and oxygen atoms in total. The Balaban J connectivity index is 2.09. The fraction of sp³-hybridized carbons (Fsp3) is 0.706. The number of hydrogen-bond acceptors (Lipinski definition) is 9. The molecule has 2 unspecified atom stereocenters. The molecule has 9 heteroatoms. The monoisotopic (exact) mass is 371 g/mol. The zero-order valence-corrected chi connectivity index (χ0v) is 15.9. The van der Waals surface area contributed by atoms with Crippen molar-refractivity contribution >= 4 is 0 Å². The summed E-state index contributed by atoms with van der Waals surface area (Å²) < 4.78 is 45.0. The second kappa shape index (κ2) is 7.26. The van der Waals surface area contributed by atoms with Crippen LogP contribution in [0.15, 0.2) is 6.07 Å². The second-order valence-corrected chi connectivity index (χ2v) is 5.99. The molecule has 2 aliphatic heterocycles. The maximum atomic E-state index is 6.03. The molecule has 0 radical (unpaired) electrons. The summed E-state index contributed by atoms with van der Waals surface area (Å²) in [5.74, 6) is -2.27.